The minimum atomic E-state index is 0.245. The number of hydrogen-bond acceptors (Lipinski definition) is 6. The van der Waals surface area contributed by atoms with E-state index in [-0.39, 0.29) is 5.28 Å². The molecule has 1 saturated heterocycles. The molecule has 0 bridgehead atoms. The molecule has 1 N–H and O–H groups in total. The molecule has 21 heavy (non-hydrogen) atoms. The number of halogens is 1. The summed E-state index contributed by atoms with van der Waals surface area (Å²) in [5.74, 6) is 1.22. The first-order valence-corrected chi connectivity index (χ1v) is 8.07. The fourth-order valence-corrected chi connectivity index (χ4v) is 2.97. The predicted octanol–water partition coefficient (Wildman–Crippen LogP) is 2.35. The van der Waals surface area contributed by atoms with Crippen molar-refractivity contribution in [1.82, 2.24) is 15.0 Å². The van der Waals surface area contributed by atoms with Crippen LogP contribution in [0.2, 0.25) is 5.28 Å². The fraction of sp³-hybridized carbons (Fsp3) is 0.786. The lowest BCUT2D eigenvalue weighted by Gasteiger charge is -2.27. The van der Waals surface area contributed by atoms with E-state index in [2.05, 4.69) is 32.1 Å². The van der Waals surface area contributed by atoms with E-state index in [1.54, 1.807) is 0 Å². The molecule has 116 valence electrons. The number of aromatic nitrogens is 3. The molecule has 0 unspecified atom stereocenters. The van der Waals surface area contributed by atoms with Gasteiger partial charge in [0.15, 0.2) is 0 Å². The van der Waals surface area contributed by atoms with Crippen molar-refractivity contribution in [3.8, 4) is 0 Å². The van der Waals surface area contributed by atoms with Gasteiger partial charge in [-0.05, 0) is 36.3 Å². The molecule has 1 aliphatic heterocycles. The molecule has 7 heteroatoms. The Morgan fingerprint density at radius 2 is 2.00 bits per heavy atom. The first-order valence-electron chi connectivity index (χ1n) is 7.69. The molecule has 3 rings (SSSR count). The molecular formula is C14H22ClN5O. The van der Waals surface area contributed by atoms with Crippen LogP contribution in [0.4, 0.5) is 11.9 Å². The van der Waals surface area contributed by atoms with Gasteiger partial charge in [0.2, 0.25) is 17.2 Å². The third-order valence-corrected chi connectivity index (χ3v) is 4.42. The van der Waals surface area contributed by atoms with Crippen molar-refractivity contribution in [2.75, 3.05) is 43.1 Å². The van der Waals surface area contributed by atoms with Gasteiger partial charge < -0.3 is 15.0 Å². The molecule has 1 aromatic rings. The van der Waals surface area contributed by atoms with Crippen molar-refractivity contribution in [1.29, 1.82) is 0 Å². The SMILES string of the molecule is CCCC1(CNc2nc(Cl)nc(N3CCOCC3)n2)CC1. The van der Waals surface area contributed by atoms with E-state index < -0.39 is 0 Å². The zero-order valence-corrected chi connectivity index (χ0v) is 13.2. The Morgan fingerprint density at radius 1 is 1.24 bits per heavy atom. The van der Waals surface area contributed by atoms with E-state index in [4.69, 9.17) is 16.3 Å². The second kappa shape index (κ2) is 6.32. The Morgan fingerprint density at radius 3 is 2.67 bits per heavy atom. The number of nitrogens with zero attached hydrogens (tertiary/aromatic N) is 4. The maximum Gasteiger partial charge on any atom is 0.231 e. The van der Waals surface area contributed by atoms with Crippen LogP contribution in [0.1, 0.15) is 32.6 Å². The molecule has 0 spiro atoms. The molecule has 1 saturated carbocycles. The van der Waals surface area contributed by atoms with E-state index in [1.165, 1.54) is 25.7 Å². The van der Waals surface area contributed by atoms with Crippen LogP contribution >= 0.6 is 11.6 Å². The van der Waals surface area contributed by atoms with Crippen LogP contribution in [-0.2, 0) is 4.74 Å². The van der Waals surface area contributed by atoms with Crippen LogP contribution in [0.3, 0.4) is 0 Å². The van der Waals surface area contributed by atoms with Gasteiger partial charge >= 0.3 is 0 Å². The van der Waals surface area contributed by atoms with E-state index in [0.717, 1.165) is 19.6 Å². The van der Waals surface area contributed by atoms with Crippen LogP contribution in [0.25, 0.3) is 0 Å². The zero-order valence-electron chi connectivity index (χ0n) is 12.4. The van der Waals surface area contributed by atoms with Crippen LogP contribution in [-0.4, -0.2) is 47.8 Å². The molecular weight excluding hydrogens is 290 g/mol. The topological polar surface area (TPSA) is 63.2 Å². The van der Waals surface area contributed by atoms with Gasteiger partial charge in [0.05, 0.1) is 13.2 Å². The highest BCUT2D eigenvalue weighted by Crippen LogP contribution is 2.49. The third kappa shape index (κ3) is 3.74. The zero-order chi connectivity index (χ0) is 14.7. The van der Waals surface area contributed by atoms with Crippen molar-refractivity contribution in [2.24, 2.45) is 5.41 Å². The number of nitrogens with one attached hydrogen (secondary N) is 1. The van der Waals surface area contributed by atoms with E-state index >= 15 is 0 Å². The molecule has 1 aliphatic carbocycles. The van der Waals surface area contributed by atoms with Gasteiger partial charge in [-0.2, -0.15) is 15.0 Å². The van der Waals surface area contributed by atoms with Crippen molar-refractivity contribution >= 4 is 23.5 Å². The molecule has 0 aromatic carbocycles. The van der Waals surface area contributed by atoms with Crippen LogP contribution in [0.5, 0.6) is 0 Å². The van der Waals surface area contributed by atoms with Gasteiger partial charge in [-0.3, -0.25) is 0 Å². The van der Waals surface area contributed by atoms with Crippen molar-refractivity contribution in [2.45, 2.75) is 32.6 Å². The van der Waals surface area contributed by atoms with E-state index in [0.29, 0.717) is 30.5 Å². The van der Waals surface area contributed by atoms with Gasteiger partial charge in [-0.25, -0.2) is 0 Å². The third-order valence-electron chi connectivity index (χ3n) is 4.25. The smallest absolute Gasteiger partial charge is 0.231 e. The average molecular weight is 312 g/mol. The first kappa shape index (κ1) is 14.8. The number of anilines is 2. The Labute approximate surface area is 130 Å². The fourth-order valence-electron chi connectivity index (χ4n) is 2.81. The van der Waals surface area contributed by atoms with E-state index in [1.807, 2.05) is 0 Å². The summed E-state index contributed by atoms with van der Waals surface area (Å²) in [6.45, 7) is 6.14. The van der Waals surface area contributed by atoms with Crippen molar-refractivity contribution < 1.29 is 4.74 Å². The maximum absolute atomic E-state index is 6.04. The summed E-state index contributed by atoms with van der Waals surface area (Å²) in [4.78, 5) is 15.0. The molecule has 0 radical (unpaired) electrons. The van der Waals surface area contributed by atoms with Gasteiger partial charge in [0.25, 0.3) is 0 Å². The van der Waals surface area contributed by atoms with Gasteiger partial charge in [-0.1, -0.05) is 13.3 Å². The second-order valence-electron chi connectivity index (χ2n) is 5.93. The Hall–Kier alpha value is -1.14. The quantitative estimate of drug-likeness (QED) is 0.870. The van der Waals surface area contributed by atoms with Gasteiger partial charge in [0.1, 0.15) is 0 Å². The standard InChI is InChI=1S/C14H22ClN5O/c1-2-3-14(4-5-14)10-16-12-17-11(15)18-13(19-12)20-6-8-21-9-7-20/h2-10H2,1H3,(H,16,17,18,19). The minimum absolute atomic E-state index is 0.245. The highest BCUT2D eigenvalue weighted by molar-refractivity contribution is 6.28. The number of ether oxygens (including phenoxy) is 1. The molecule has 0 amide bonds. The van der Waals surface area contributed by atoms with E-state index in [9.17, 15) is 0 Å². The molecule has 0 atom stereocenters. The number of rotatable bonds is 6. The summed E-state index contributed by atoms with van der Waals surface area (Å²) in [5, 5.41) is 3.59. The van der Waals surface area contributed by atoms with Crippen molar-refractivity contribution in [3.63, 3.8) is 0 Å². The molecule has 2 heterocycles. The Balaban J connectivity index is 1.66. The first-order chi connectivity index (χ1) is 10.2. The summed E-state index contributed by atoms with van der Waals surface area (Å²) in [6.07, 6.45) is 5.07. The second-order valence-corrected chi connectivity index (χ2v) is 6.27. The molecule has 1 aromatic heterocycles. The van der Waals surface area contributed by atoms with Crippen molar-refractivity contribution in [3.05, 3.63) is 5.28 Å². The summed E-state index contributed by atoms with van der Waals surface area (Å²) < 4.78 is 5.35. The van der Waals surface area contributed by atoms with Crippen LogP contribution < -0.4 is 10.2 Å². The Bertz CT molecular complexity index is 488. The van der Waals surface area contributed by atoms with Crippen LogP contribution in [0, 0.1) is 5.41 Å². The summed E-state index contributed by atoms with van der Waals surface area (Å²) in [5.41, 5.74) is 0.451. The predicted molar refractivity (Wildman–Crippen MR) is 82.9 cm³/mol. The normalized spacial score (nSPS) is 20.4. The van der Waals surface area contributed by atoms with Gasteiger partial charge in [0, 0.05) is 19.6 Å². The maximum atomic E-state index is 6.04. The highest BCUT2D eigenvalue weighted by Gasteiger charge is 2.41. The largest absolute Gasteiger partial charge is 0.378 e. The lowest BCUT2D eigenvalue weighted by Crippen LogP contribution is -2.37. The summed E-state index contributed by atoms with van der Waals surface area (Å²) >= 11 is 6.04. The number of hydrogen-bond donors (Lipinski definition) is 1. The lowest BCUT2D eigenvalue weighted by atomic mass is 10.0. The molecule has 6 nitrogen and oxygen atoms in total. The molecule has 2 aliphatic rings. The highest BCUT2D eigenvalue weighted by atomic mass is 35.5. The monoisotopic (exact) mass is 311 g/mol. The lowest BCUT2D eigenvalue weighted by molar-refractivity contribution is 0.122. The van der Waals surface area contributed by atoms with Gasteiger partial charge in [-0.15, -0.1) is 0 Å². The minimum Gasteiger partial charge on any atom is -0.378 e. The Kier molecular flexibility index (Phi) is 4.45. The number of morpholine rings is 1. The summed E-state index contributed by atoms with van der Waals surface area (Å²) in [7, 11) is 0. The summed E-state index contributed by atoms with van der Waals surface area (Å²) in [6, 6.07) is 0. The average Bonchev–Trinajstić information content (AvgIpc) is 3.26. The van der Waals surface area contributed by atoms with Crippen LogP contribution in [0.15, 0.2) is 0 Å². The molecule has 2 fully saturated rings.